The molecule has 1 aromatic carbocycles. The van der Waals surface area contributed by atoms with Crippen molar-refractivity contribution in [2.75, 3.05) is 13.2 Å². The smallest absolute Gasteiger partial charge is 0.133 e. The number of hydrogen-bond acceptors (Lipinski definition) is 2. The molecule has 0 aromatic heterocycles. The molecular weight excluding hydrogens is 314 g/mol. The molecule has 1 saturated carbocycles. The molecule has 0 radical (unpaired) electrons. The van der Waals surface area contributed by atoms with E-state index in [2.05, 4.69) is 21.2 Å². The molecule has 1 aliphatic rings. The standard InChI is InChI=1S/C14H19BrClNO/c15-13-10-11(16)6-7-14(13)18-9-3-8-17-12-4-1-2-5-12/h6-7,10,12,17H,1-5,8-9H2. The van der Waals surface area contributed by atoms with Gasteiger partial charge in [0.1, 0.15) is 5.75 Å². The highest BCUT2D eigenvalue weighted by Crippen LogP contribution is 2.27. The summed E-state index contributed by atoms with van der Waals surface area (Å²) in [5, 5.41) is 4.30. The molecule has 2 rings (SSSR count). The maximum Gasteiger partial charge on any atom is 0.133 e. The van der Waals surface area contributed by atoms with Crippen molar-refractivity contribution < 1.29 is 4.74 Å². The van der Waals surface area contributed by atoms with Crippen molar-refractivity contribution >= 4 is 27.5 Å². The van der Waals surface area contributed by atoms with Gasteiger partial charge in [0.25, 0.3) is 0 Å². The summed E-state index contributed by atoms with van der Waals surface area (Å²) in [6, 6.07) is 6.34. The third-order valence-corrected chi connectivity index (χ3v) is 4.12. The van der Waals surface area contributed by atoms with Gasteiger partial charge in [-0.05, 0) is 59.9 Å². The molecule has 0 bridgehead atoms. The second-order valence-electron chi connectivity index (χ2n) is 4.71. The van der Waals surface area contributed by atoms with Crippen LogP contribution in [0.3, 0.4) is 0 Å². The Hall–Kier alpha value is -0.250. The van der Waals surface area contributed by atoms with E-state index in [0.717, 1.165) is 40.9 Å². The summed E-state index contributed by atoms with van der Waals surface area (Å²) in [4.78, 5) is 0. The van der Waals surface area contributed by atoms with Crippen LogP contribution in [0.4, 0.5) is 0 Å². The van der Waals surface area contributed by atoms with Gasteiger partial charge in [0.2, 0.25) is 0 Å². The van der Waals surface area contributed by atoms with E-state index < -0.39 is 0 Å². The molecule has 4 heteroatoms. The minimum absolute atomic E-state index is 0.720. The maximum absolute atomic E-state index is 5.88. The lowest BCUT2D eigenvalue weighted by atomic mass is 10.2. The third kappa shape index (κ3) is 4.45. The second-order valence-corrected chi connectivity index (χ2v) is 6.00. The van der Waals surface area contributed by atoms with E-state index >= 15 is 0 Å². The first-order valence-electron chi connectivity index (χ1n) is 6.57. The quantitative estimate of drug-likeness (QED) is 0.779. The molecule has 100 valence electrons. The first kappa shape index (κ1) is 14.2. The van der Waals surface area contributed by atoms with E-state index in [1.165, 1.54) is 25.7 Å². The van der Waals surface area contributed by atoms with Crippen LogP contribution in [0.1, 0.15) is 32.1 Å². The van der Waals surface area contributed by atoms with Crippen LogP contribution < -0.4 is 10.1 Å². The SMILES string of the molecule is Clc1ccc(OCCCNC2CCCC2)c(Br)c1. The van der Waals surface area contributed by atoms with Gasteiger partial charge in [-0.3, -0.25) is 0 Å². The van der Waals surface area contributed by atoms with Crippen molar-refractivity contribution in [1.29, 1.82) is 0 Å². The molecule has 0 atom stereocenters. The zero-order valence-electron chi connectivity index (χ0n) is 10.4. The summed E-state index contributed by atoms with van der Waals surface area (Å²) in [7, 11) is 0. The number of nitrogens with one attached hydrogen (secondary N) is 1. The predicted molar refractivity (Wildman–Crippen MR) is 79.5 cm³/mol. The highest BCUT2D eigenvalue weighted by atomic mass is 79.9. The number of rotatable bonds is 6. The third-order valence-electron chi connectivity index (χ3n) is 3.26. The van der Waals surface area contributed by atoms with Crippen LogP contribution in [0.5, 0.6) is 5.75 Å². The van der Waals surface area contributed by atoms with Crippen molar-refractivity contribution in [1.82, 2.24) is 5.32 Å². The van der Waals surface area contributed by atoms with Crippen molar-refractivity contribution in [3.63, 3.8) is 0 Å². The Balaban J connectivity index is 1.62. The van der Waals surface area contributed by atoms with Crippen LogP contribution in [0.25, 0.3) is 0 Å². The van der Waals surface area contributed by atoms with Crippen molar-refractivity contribution in [2.45, 2.75) is 38.1 Å². The van der Waals surface area contributed by atoms with Crippen LogP contribution >= 0.6 is 27.5 Å². The van der Waals surface area contributed by atoms with Crippen molar-refractivity contribution in [2.24, 2.45) is 0 Å². The number of ether oxygens (including phenoxy) is 1. The Morgan fingerprint density at radius 2 is 2.11 bits per heavy atom. The van der Waals surface area contributed by atoms with E-state index in [9.17, 15) is 0 Å². The summed E-state index contributed by atoms with van der Waals surface area (Å²) in [6.45, 7) is 1.77. The minimum Gasteiger partial charge on any atom is -0.492 e. The van der Waals surface area contributed by atoms with Crippen LogP contribution in [0.15, 0.2) is 22.7 Å². The lowest BCUT2D eigenvalue weighted by Crippen LogP contribution is -2.27. The molecule has 0 saturated heterocycles. The van der Waals surface area contributed by atoms with Gasteiger partial charge in [-0.25, -0.2) is 0 Å². The molecule has 1 N–H and O–H groups in total. The fourth-order valence-corrected chi connectivity index (χ4v) is 3.08. The average molecular weight is 333 g/mol. The van der Waals surface area contributed by atoms with Crippen LogP contribution in [0, 0.1) is 0 Å². The lowest BCUT2D eigenvalue weighted by molar-refractivity contribution is 0.303. The van der Waals surface area contributed by atoms with Gasteiger partial charge >= 0.3 is 0 Å². The Labute approximate surface area is 122 Å². The summed E-state index contributed by atoms with van der Waals surface area (Å²) in [5.74, 6) is 0.861. The van der Waals surface area contributed by atoms with Crippen LogP contribution in [-0.4, -0.2) is 19.2 Å². The molecule has 0 spiro atoms. The monoisotopic (exact) mass is 331 g/mol. The van der Waals surface area contributed by atoms with Crippen LogP contribution in [0.2, 0.25) is 5.02 Å². The number of benzene rings is 1. The summed E-state index contributed by atoms with van der Waals surface area (Å²) in [6.07, 6.45) is 6.47. The van der Waals surface area contributed by atoms with Crippen molar-refractivity contribution in [3.8, 4) is 5.75 Å². The van der Waals surface area contributed by atoms with Gasteiger partial charge < -0.3 is 10.1 Å². The summed E-state index contributed by atoms with van der Waals surface area (Å²) in [5.41, 5.74) is 0. The lowest BCUT2D eigenvalue weighted by Gasteiger charge is -2.12. The molecule has 1 fully saturated rings. The molecule has 0 amide bonds. The number of hydrogen-bond donors (Lipinski definition) is 1. The van der Waals surface area contributed by atoms with E-state index in [-0.39, 0.29) is 0 Å². The topological polar surface area (TPSA) is 21.3 Å². The fourth-order valence-electron chi connectivity index (χ4n) is 2.28. The highest BCUT2D eigenvalue weighted by Gasteiger charge is 2.13. The predicted octanol–water partition coefficient (Wildman–Crippen LogP) is 4.40. The molecule has 1 aliphatic carbocycles. The molecule has 0 aliphatic heterocycles. The number of halogens is 2. The van der Waals surface area contributed by atoms with E-state index in [1.807, 2.05) is 18.2 Å². The maximum atomic E-state index is 5.88. The second kappa shape index (κ2) is 7.37. The normalized spacial score (nSPS) is 16.1. The summed E-state index contributed by atoms with van der Waals surface area (Å²) < 4.78 is 6.63. The molecule has 2 nitrogen and oxygen atoms in total. The van der Waals surface area contributed by atoms with Gasteiger partial charge in [0.05, 0.1) is 11.1 Å². The van der Waals surface area contributed by atoms with Gasteiger partial charge in [-0.15, -0.1) is 0 Å². The Morgan fingerprint density at radius 3 is 2.83 bits per heavy atom. The first-order chi connectivity index (χ1) is 8.75. The Kier molecular flexibility index (Phi) is 5.80. The molecule has 0 heterocycles. The minimum atomic E-state index is 0.720. The Bertz CT molecular complexity index is 380. The van der Waals surface area contributed by atoms with Crippen LogP contribution in [-0.2, 0) is 0 Å². The van der Waals surface area contributed by atoms with E-state index in [0.29, 0.717) is 0 Å². The van der Waals surface area contributed by atoms with E-state index in [1.54, 1.807) is 0 Å². The fraction of sp³-hybridized carbons (Fsp3) is 0.571. The molecule has 1 aromatic rings. The van der Waals surface area contributed by atoms with Gasteiger partial charge in [-0.2, -0.15) is 0 Å². The zero-order chi connectivity index (χ0) is 12.8. The Morgan fingerprint density at radius 1 is 1.33 bits per heavy atom. The largest absolute Gasteiger partial charge is 0.492 e. The highest BCUT2D eigenvalue weighted by molar-refractivity contribution is 9.10. The first-order valence-corrected chi connectivity index (χ1v) is 7.74. The van der Waals surface area contributed by atoms with Gasteiger partial charge in [-0.1, -0.05) is 24.4 Å². The summed E-state index contributed by atoms with van der Waals surface area (Å²) >= 11 is 9.32. The average Bonchev–Trinajstić information content (AvgIpc) is 2.84. The van der Waals surface area contributed by atoms with E-state index in [4.69, 9.17) is 16.3 Å². The molecule has 0 unspecified atom stereocenters. The molecule has 18 heavy (non-hydrogen) atoms. The zero-order valence-corrected chi connectivity index (χ0v) is 12.8. The van der Waals surface area contributed by atoms with Crippen molar-refractivity contribution in [3.05, 3.63) is 27.7 Å². The van der Waals surface area contributed by atoms with Gasteiger partial charge in [0.15, 0.2) is 0 Å². The molecular formula is C14H19BrClNO. The van der Waals surface area contributed by atoms with Gasteiger partial charge in [0, 0.05) is 11.1 Å².